The van der Waals surface area contributed by atoms with Crippen molar-refractivity contribution in [2.24, 2.45) is 0 Å². The van der Waals surface area contributed by atoms with Crippen molar-refractivity contribution in [2.45, 2.75) is 20.0 Å². The van der Waals surface area contributed by atoms with E-state index in [4.69, 9.17) is 16.3 Å². The number of nitrogens with zero attached hydrogens (tertiary/aromatic N) is 4. The van der Waals surface area contributed by atoms with Crippen LogP contribution in [0.4, 0.5) is 0 Å². The number of hydrogen-bond donors (Lipinski definition) is 0. The maximum Gasteiger partial charge on any atom is 0.166 e. The SMILES string of the molecule is COCC=O.COc1cc2c3c(c4nnc(C)n4c2cc1Cl)CN(C)C3. The van der Waals surface area contributed by atoms with Crippen LogP contribution in [-0.4, -0.2) is 53.7 Å². The summed E-state index contributed by atoms with van der Waals surface area (Å²) in [5.74, 6) is 1.57. The number of halogens is 1. The molecule has 0 N–H and O–H groups in total. The first-order valence-corrected chi connectivity index (χ1v) is 8.53. The number of rotatable bonds is 3. The zero-order valence-electron chi connectivity index (χ0n) is 15.2. The van der Waals surface area contributed by atoms with Gasteiger partial charge in [0.1, 0.15) is 24.5 Å². The summed E-state index contributed by atoms with van der Waals surface area (Å²) in [7, 11) is 5.23. The standard InChI is InChI=1S/C15H15ClN4O.C3H6O2/c1-8-17-18-15-11-7-19(2)6-10(11)9-4-14(21-3)12(16)5-13(9)20(8)15;1-5-3-2-4/h4-5H,6-7H2,1-3H3;2H,3H2,1H3. The van der Waals surface area contributed by atoms with Gasteiger partial charge in [-0.1, -0.05) is 11.6 Å². The summed E-state index contributed by atoms with van der Waals surface area (Å²) in [6.07, 6.45) is 0.708. The van der Waals surface area contributed by atoms with Gasteiger partial charge in [-0.05, 0) is 31.7 Å². The predicted molar refractivity (Wildman–Crippen MR) is 99.9 cm³/mol. The molecule has 1 aromatic carbocycles. The molecule has 0 saturated carbocycles. The Balaban J connectivity index is 0.000000349. The van der Waals surface area contributed by atoms with E-state index in [0.29, 0.717) is 17.1 Å². The molecule has 0 aliphatic carbocycles. The minimum absolute atomic E-state index is 0.208. The van der Waals surface area contributed by atoms with E-state index < -0.39 is 0 Å². The molecule has 3 heterocycles. The van der Waals surface area contributed by atoms with Crippen LogP contribution in [0.2, 0.25) is 5.02 Å². The lowest BCUT2D eigenvalue weighted by Gasteiger charge is -2.12. The summed E-state index contributed by atoms with van der Waals surface area (Å²) in [6.45, 7) is 3.96. The Bertz CT molecular complexity index is 970. The van der Waals surface area contributed by atoms with E-state index in [0.717, 1.165) is 35.5 Å². The third-order valence-electron chi connectivity index (χ3n) is 4.39. The van der Waals surface area contributed by atoms with Gasteiger partial charge >= 0.3 is 0 Å². The monoisotopic (exact) mass is 376 g/mol. The fraction of sp³-hybridized carbons (Fsp3) is 0.389. The Morgan fingerprint density at radius 2 is 1.96 bits per heavy atom. The number of benzene rings is 1. The number of aromatic nitrogens is 3. The van der Waals surface area contributed by atoms with Gasteiger partial charge in [0.15, 0.2) is 5.65 Å². The molecule has 0 bridgehead atoms. The van der Waals surface area contributed by atoms with Crippen molar-refractivity contribution in [1.29, 1.82) is 0 Å². The smallest absolute Gasteiger partial charge is 0.166 e. The Morgan fingerprint density at radius 3 is 2.58 bits per heavy atom. The number of pyridine rings is 1. The van der Waals surface area contributed by atoms with Crippen LogP contribution in [0.25, 0.3) is 16.6 Å². The van der Waals surface area contributed by atoms with E-state index in [1.54, 1.807) is 7.11 Å². The van der Waals surface area contributed by atoms with Crippen molar-refractivity contribution < 1.29 is 14.3 Å². The molecule has 3 aromatic rings. The van der Waals surface area contributed by atoms with Crippen LogP contribution in [0.5, 0.6) is 5.75 Å². The molecule has 4 rings (SSSR count). The van der Waals surface area contributed by atoms with E-state index in [9.17, 15) is 4.79 Å². The van der Waals surface area contributed by atoms with Crippen LogP contribution in [0.15, 0.2) is 12.1 Å². The normalized spacial score (nSPS) is 13.6. The van der Waals surface area contributed by atoms with Crippen LogP contribution in [0, 0.1) is 6.92 Å². The van der Waals surface area contributed by atoms with Gasteiger partial charge < -0.3 is 14.3 Å². The minimum Gasteiger partial charge on any atom is -0.495 e. The van der Waals surface area contributed by atoms with E-state index in [2.05, 4.69) is 31.3 Å². The highest BCUT2D eigenvalue weighted by atomic mass is 35.5. The molecule has 1 aliphatic rings. The van der Waals surface area contributed by atoms with Gasteiger partial charge in [0, 0.05) is 31.1 Å². The van der Waals surface area contributed by atoms with E-state index >= 15 is 0 Å². The first-order valence-electron chi connectivity index (χ1n) is 8.15. The molecule has 0 spiro atoms. The van der Waals surface area contributed by atoms with Gasteiger partial charge in [0.25, 0.3) is 0 Å². The molecule has 0 radical (unpaired) electrons. The first kappa shape index (κ1) is 18.6. The molecule has 0 fully saturated rings. The number of carbonyl (C=O) groups is 1. The molecule has 0 atom stereocenters. The fourth-order valence-corrected chi connectivity index (χ4v) is 3.52. The maximum atomic E-state index is 9.28. The number of aldehydes is 1. The van der Waals surface area contributed by atoms with Gasteiger partial charge in [-0.3, -0.25) is 9.30 Å². The second kappa shape index (κ2) is 7.57. The van der Waals surface area contributed by atoms with E-state index in [1.807, 2.05) is 19.1 Å². The van der Waals surface area contributed by atoms with E-state index in [-0.39, 0.29) is 6.61 Å². The summed E-state index contributed by atoms with van der Waals surface area (Å²) in [4.78, 5) is 11.6. The summed E-state index contributed by atoms with van der Waals surface area (Å²) in [6, 6.07) is 3.96. The Morgan fingerprint density at radius 1 is 1.23 bits per heavy atom. The number of aryl methyl sites for hydroxylation is 1. The second-order valence-electron chi connectivity index (χ2n) is 6.16. The molecule has 1 aliphatic heterocycles. The van der Waals surface area contributed by atoms with Gasteiger partial charge in [-0.2, -0.15) is 0 Å². The quantitative estimate of drug-likeness (QED) is 0.654. The Hall–Kier alpha value is -2.22. The Kier molecular flexibility index (Phi) is 5.41. The van der Waals surface area contributed by atoms with Crippen LogP contribution in [-0.2, 0) is 22.6 Å². The van der Waals surface area contributed by atoms with Gasteiger partial charge in [0.05, 0.1) is 17.6 Å². The average molecular weight is 377 g/mol. The van der Waals surface area contributed by atoms with Crippen molar-refractivity contribution in [1.82, 2.24) is 19.5 Å². The zero-order chi connectivity index (χ0) is 18.8. The zero-order valence-corrected chi connectivity index (χ0v) is 16.0. The number of fused-ring (bicyclic) bond motifs is 6. The van der Waals surface area contributed by atoms with Crippen LogP contribution in [0.3, 0.4) is 0 Å². The molecule has 26 heavy (non-hydrogen) atoms. The van der Waals surface area contributed by atoms with E-state index in [1.165, 1.54) is 18.2 Å². The van der Waals surface area contributed by atoms with Gasteiger partial charge in [0.2, 0.25) is 0 Å². The average Bonchev–Trinajstić information content (AvgIpc) is 3.19. The first-order chi connectivity index (χ1) is 12.5. The Labute approximate surface area is 156 Å². The topological polar surface area (TPSA) is 69.0 Å². The van der Waals surface area contributed by atoms with Gasteiger partial charge in [-0.25, -0.2) is 0 Å². The molecule has 0 unspecified atom stereocenters. The molecule has 0 amide bonds. The lowest BCUT2D eigenvalue weighted by Crippen LogP contribution is -2.07. The molecule has 0 saturated heterocycles. The predicted octanol–water partition coefficient (Wildman–Crippen LogP) is 2.63. The highest BCUT2D eigenvalue weighted by molar-refractivity contribution is 6.32. The molecule has 8 heteroatoms. The fourth-order valence-electron chi connectivity index (χ4n) is 3.28. The largest absolute Gasteiger partial charge is 0.495 e. The summed E-state index contributed by atoms with van der Waals surface area (Å²) < 4.78 is 11.8. The summed E-state index contributed by atoms with van der Waals surface area (Å²) in [5, 5.41) is 10.4. The second-order valence-corrected chi connectivity index (χ2v) is 6.57. The molecular weight excluding hydrogens is 356 g/mol. The maximum absolute atomic E-state index is 9.28. The van der Waals surface area contributed by atoms with Crippen LogP contribution in [0.1, 0.15) is 17.0 Å². The van der Waals surface area contributed by atoms with Crippen molar-refractivity contribution in [2.75, 3.05) is 27.9 Å². The lowest BCUT2D eigenvalue weighted by atomic mass is 10.0. The molecule has 2 aromatic heterocycles. The third-order valence-corrected chi connectivity index (χ3v) is 4.68. The number of carbonyl (C=O) groups excluding carboxylic acids is 1. The highest BCUT2D eigenvalue weighted by Crippen LogP contribution is 2.37. The molecule has 138 valence electrons. The highest BCUT2D eigenvalue weighted by Gasteiger charge is 2.25. The summed E-state index contributed by atoms with van der Waals surface area (Å²) in [5.41, 5.74) is 4.50. The minimum atomic E-state index is 0.208. The van der Waals surface area contributed by atoms with Crippen molar-refractivity contribution >= 4 is 34.4 Å². The molecular formula is C18H21ClN4O3. The van der Waals surface area contributed by atoms with Crippen molar-refractivity contribution in [3.8, 4) is 5.75 Å². The van der Waals surface area contributed by atoms with Crippen molar-refractivity contribution in [3.05, 3.63) is 34.1 Å². The van der Waals surface area contributed by atoms with Gasteiger partial charge in [-0.15, -0.1) is 10.2 Å². The van der Waals surface area contributed by atoms with Crippen LogP contribution < -0.4 is 4.74 Å². The molecule has 7 nitrogen and oxygen atoms in total. The van der Waals surface area contributed by atoms with Crippen LogP contribution >= 0.6 is 11.6 Å². The number of ether oxygens (including phenoxy) is 2. The number of hydrogen-bond acceptors (Lipinski definition) is 6. The summed E-state index contributed by atoms with van der Waals surface area (Å²) >= 11 is 6.31. The number of methoxy groups -OCH3 is 2. The third kappa shape index (κ3) is 3.13. The van der Waals surface area contributed by atoms with Crippen molar-refractivity contribution in [3.63, 3.8) is 0 Å². The lowest BCUT2D eigenvalue weighted by molar-refractivity contribution is -0.110.